The van der Waals surface area contributed by atoms with Gasteiger partial charge in [0.1, 0.15) is 11.1 Å². The first-order chi connectivity index (χ1) is 9.36. The molecule has 0 unspecified atom stereocenters. The van der Waals surface area contributed by atoms with Gasteiger partial charge in [-0.1, -0.05) is 18.2 Å². The lowest BCUT2D eigenvalue weighted by atomic mass is 10.0. The third-order valence-corrected chi connectivity index (χ3v) is 2.61. The molecule has 0 radical (unpaired) electrons. The summed E-state index contributed by atoms with van der Waals surface area (Å²) in [5.41, 5.74) is -3.09. The van der Waals surface area contributed by atoms with Crippen molar-refractivity contribution in [2.24, 2.45) is 0 Å². The van der Waals surface area contributed by atoms with Gasteiger partial charge < -0.3 is 9.15 Å². The number of ether oxygens (including phenoxy) is 1. The standard InChI is InChI=1S/C13H10F3NO3/c1-2-19-12(18)9-10(13(14,15)16)7-5-3-4-6-8(7)20-11(9)17/h3-6,17H,2H2,1H3. The van der Waals surface area contributed by atoms with Crippen molar-refractivity contribution < 1.29 is 27.1 Å². The average Bonchev–Trinajstić information content (AvgIpc) is 2.36. The fourth-order valence-corrected chi connectivity index (χ4v) is 1.86. The van der Waals surface area contributed by atoms with Crippen LogP contribution in [0.4, 0.5) is 13.2 Å². The quantitative estimate of drug-likeness (QED) is 0.862. The van der Waals surface area contributed by atoms with E-state index < -0.39 is 28.8 Å². The highest BCUT2D eigenvalue weighted by molar-refractivity contribution is 5.96. The molecule has 2 aromatic rings. The van der Waals surface area contributed by atoms with E-state index >= 15 is 0 Å². The molecule has 7 heteroatoms. The monoisotopic (exact) mass is 285 g/mol. The molecule has 106 valence electrons. The van der Waals surface area contributed by atoms with Crippen LogP contribution in [0.25, 0.3) is 11.0 Å². The van der Waals surface area contributed by atoms with Gasteiger partial charge in [0.05, 0.1) is 12.2 Å². The number of carbonyl (C=O) groups is 1. The van der Waals surface area contributed by atoms with Crippen molar-refractivity contribution in [3.05, 3.63) is 40.9 Å². The number of halogens is 3. The summed E-state index contributed by atoms with van der Waals surface area (Å²) in [6, 6.07) is 5.36. The first-order valence-corrected chi connectivity index (χ1v) is 5.71. The van der Waals surface area contributed by atoms with Crippen LogP contribution in [0, 0.1) is 5.41 Å². The molecule has 0 aliphatic carbocycles. The van der Waals surface area contributed by atoms with Gasteiger partial charge in [-0.2, -0.15) is 13.2 Å². The molecule has 0 bridgehead atoms. The fraction of sp³-hybridized carbons (Fsp3) is 0.231. The number of rotatable bonds is 2. The molecular formula is C13H10F3NO3. The van der Waals surface area contributed by atoms with Gasteiger partial charge in [0.2, 0.25) is 5.55 Å². The number of hydrogen-bond acceptors (Lipinski definition) is 4. The number of carbonyl (C=O) groups excluding carboxylic acids is 1. The van der Waals surface area contributed by atoms with Crippen LogP contribution >= 0.6 is 0 Å². The number of benzene rings is 1. The first-order valence-electron chi connectivity index (χ1n) is 5.71. The van der Waals surface area contributed by atoms with E-state index in [1.165, 1.54) is 31.2 Å². The number of esters is 1. The molecule has 1 N–H and O–H groups in total. The van der Waals surface area contributed by atoms with Gasteiger partial charge >= 0.3 is 12.1 Å². The minimum Gasteiger partial charge on any atom is -0.462 e. The lowest BCUT2D eigenvalue weighted by molar-refractivity contribution is -0.137. The summed E-state index contributed by atoms with van der Waals surface area (Å²) in [5, 5.41) is 7.24. The molecule has 4 nitrogen and oxygen atoms in total. The summed E-state index contributed by atoms with van der Waals surface area (Å²) in [5.74, 6) is -1.22. The highest BCUT2D eigenvalue weighted by Gasteiger charge is 2.39. The summed E-state index contributed by atoms with van der Waals surface area (Å²) in [7, 11) is 0. The molecule has 1 aromatic heterocycles. The van der Waals surface area contributed by atoms with Crippen molar-refractivity contribution in [1.82, 2.24) is 0 Å². The molecule has 0 saturated carbocycles. The molecule has 0 aliphatic heterocycles. The zero-order chi connectivity index (χ0) is 14.9. The summed E-state index contributed by atoms with van der Waals surface area (Å²) in [6.45, 7) is 1.37. The topological polar surface area (TPSA) is 63.3 Å². The van der Waals surface area contributed by atoms with Crippen LogP contribution in [-0.2, 0) is 10.9 Å². The van der Waals surface area contributed by atoms with E-state index in [-0.39, 0.29) is 17.6 Å². The second-order valence-electron chi connectivity index (χ2n) is 3.90. The Kier molecular flexibility index (Phi) is 3.52. The molecule has 0 aliphatic rings. The van der Waals surface area contributed by atoms with E-state index in [1.807, 2.05) is 0 Å². The Bertz CT molecular complexity index is 719. The summed E-state index contributed by atoms with van der Waals surface area (Å²) < 4.78 is 49.2. The number of fused-ring (bicyclic) bond motifs is 1. The van der Waals surface area contributed by atoms with E-state index in [1.54, 1.807) is 0 Å². The van der Waals surface area contributed by atoms with Gasteiger partial charge in [0.25, 0.3) is 0 Å². The predicted octanol–water partition coefficient (Wildman–Crippen LogP) is 3.11. The van der Waals surface area contributed by atoms with Crippen LogP contribution in [0.3, 0.4) is 0 Å². The molecular weight excluding hydrogens is 275 g/mol. The van der Waals surface area contributed by atoms with Crippen LogP contribution in [0.15, 0.2) is 28.7 Å². The van der Waals surface area contributed by atoms with Crippen molar-refractivity contribution in [1.29, 1.82) is 5.41 Å². The minimum atomic E-state index is -4.80. The van der Waals surface area contributed by atoms with Gasteiger partial charge in [-0.3, -0.25) is 5.41 Å². The van der Waals surface area contributed by atoms with Crippen LogP contribution in [-0.4, -0.2) is 12.6 Å². The van der Waals surface area contributed by atoms with Crippen LogP contribution in [0.5, 0.6) is 0 Å². The Labute approximate surface area is 111 Å². The van der Waals surface area contributed by atoms with E-state index in [4.69, 9.17) is 9.83 Å². The highest BCUT2D eigenvalue weighted by Crippen LogP contribution is 2.36. The predicted molar refractivity (Wildman–Crippen MR) is 63.0 cm³/mol. The van der Waals surface area contributed by atoms with Crippen molar-refractivity contribution in [2.45, 2.75) is 13.1 Å². The second-order valence-corrected chi connectivity index (χ2v) is 3.90. The third kappa shape index (κ3) is 2.38. The molecule has 2 rings (SSSR count). The van der Waals surface area contributed by atoms with Gasteiger partial charge in [0, 0.05) is 5.39 Å². The number of nitrogens with one attached hydrogen (secondary N) is 1. The lowest BCUT2D eigenvalue weighted by Crippen LogP contribution is -2.24. The van der Waals surface area contributed by atoms with Gasteiger partial charge in [-0.25, -0.2) is 4.79 Å². The molecule has 1 heterocycles. The number of alkyl halides is 3. The summed E-state index contributed by atoms with van der Waals surface area (Å²) in [4.78, 5) is 11.7. The van der Waals surface area contributed by atoms with Gasteiger partial charge in [-0.05, 0) is 13.0 Å². The van der Waals surface area contributed by atoms with Gasteiger partial charge in [-0.15, -0.1) is 0 Å². The average molecular weight is 285 g/mol. The van der Waals surface area contributed by atoms with Crippen LogP contribution < -0.4 is 5.55 Å². The number of para-hydroxylation sites is 1. The second kappa shape index (κ2) is 4.99. The Morgan fingerprint density at radius 3 is 2.60 bits per heavy atom. The lowest BCUT2D eigenvalue weighted by Gasteiger charge is -2.14. The Morgan fingerprint density at radius 1 is 1.35 bits per heavy atom. The van der Waals surface area contributed by atoms with E-state index in [0.717, 1.165) is 0 Å². The molecule has 1 aromatic carbocycles. The zero-order valence-corrected chi connectivity index (χ0v) is 10.4. The Hall–Kier alpha value is -2.31. The third-order valence-electron chi connectivity index (χ3n) is 2.61. The van der Waals surface area contributed by atoms with Crippen molar-refractivity contribution >= 4 is 16.9 Å². The molecule has 20 heavy (non-hydrogen) atoms. The van der Waals surface area contributed by atoms with E-state index in [2.05, 4.69) is 4.74 Å². The van der Waals surface area contributed by atoms with Crippen LogP contribution in [0.1, 0.15) is 22.8 Å². The zero-order valence-electron chi connectivity index (χ0n) is 10.4. The smallest absolute Gasteiger partial charge is 0.418 e. The fourth-order valence-electron chi connectivity index (χ4n) is 1.86. The summed E-state index contributed by atoms with van der Waals surface area (Å²) in [6.07, 6.45) is -4.80. The maximum absolute atomic E-state index is 13.2. The van der Waals surface area contributed by atoms with E-state index in [9.17, 15) is 18.0 Å². The minimum absolute atomic E-state index is 0.0948. The Morgan fingerprint density at radius 2 is 2.00 bits per heavy atom. The Balaban J connectivity index is 2.89. The molecule has 0 spiro atoms. The molecule has 0 amide bonds. The number of hydrogen-bond donors (Lipinski definition) is 1. The molecule has 0 fully saturated rings. The summed E-state index contributed by atoms with van der Waals surface area (Å²) >= 11 is 0. The van der Waals surface area contributed by atoms with Crippen molar-refractivity contribution in [2.75, 3.05) is 6.61 Å². The molecule has 0 atom stereocenters. The highest BCUT2D eigenvalue weighted by atomic mass is 19.4. The normalized spacial score (nSPS) is 11.6. The maximum atomic E-state index is 13.2. The van der Waals surface area contributed by atoms with Crippen molar-refractivity contribution in [3.8, 4) is 0 Å². The first kappa shape index (κ1) is 14.1. The largest absolute Gasteiger partial charge is 0.462 e. The SMILES string of the molecule is CCOC(=O)c1c(C(F)(F)F)c2ccccc2oc1=N. The van der Waals surface area contributed by atoms with Crippen LogP contribution in [0.2, 0.25) is 0 Å². The van der Waals surface area contributed by atoms with Gasteiger partial charge in [0.15, 0.2) is 0 Å². The molecule has 0 saturated heterocycles. The van der Waals surface area contributed by atoms with Crippen molar-refractivity contribution in [3.63, 3.8) is 0 Å². The van der Waals surface area contributed by atoms with E-state index in [0.29, 0.717) is 0 Å². The maximum Gasteiger partial charge on any atom is 0.418 e.